The Balaban J connectivity index is 3.50. The van der Waals surface area contributed by atoms with Gasteiger partial charge in [0.15, 0.2) is 0 Å². The van der Waals surface area contributed by atoms with E-state index in [1.807, 2.05) is 20.8 Å². The summed E-state index contributed by atoms with van der Waals surface area (Å²) in [6, 6.07) is 0.423. The molecule has 0 aromatic rings. The van der Waals surface area contributed by atoms with Crippen LogP contribution in [-0.4, -0.2) is 38.8 Å². The highest BCUT2D eigenvalue weighted by Gasteiger charge is 2.20. The summed E-state index contributed by atoms with van der Waals surface area (Å²) in [5.41, 5.74) is -0.304. The predicted octanol–water partition coefficient (Wildman–Crippen LogP) is 1.16. The first-order valence-electron chi connectivity index (χ1n) is 5.88. The van der Waals surface area contributed by atoms with E-state index in [0.717, 1.165) is 19.6 Å². The van der Waals surface area contributed by atoms with Crippen LogP contribution in [0.1, 0.15) is 34.1 Å². The fourth-order valence-electron chi connectivity index (χ4n) is 1.16. The van der Waals surface area contributed by atoms with E-state index < -0.39 is 0 Å². The molecule has 0 aromatic heterocycles. The number of nitrogens with one attached hydrogen (secondary N) is 2. The molecule has 0 rings (SSSR count). The monoisotopic (exact) mass is 230 g/mol. The molecule has 0 saturated heterocycles. The Hall–Kier alpha value is -0.610. The summed E-state index contributed by atoms with van der Waals surface area (Å²) < 4.78 is 4.99. The summed E-state index contributed by atoms with van der Waals surface area (Å²) in [6.07, 6.45) is 0.990. The van der Waals surface area contributed by atoms with E-state index in [4.69, 9.17) is 4.74 Å². The average molecular weight is 230 g/mol. The number of ether oxygens (including phenoxy) is 1. The minimum atomic E-state index is -0.304. The number of carbonyl (C=O) groups is 1. The Labute approximate surface area is 99.1 Å². The van der Waals surface area contributed by atoms with Gasteiger partial charge in [-0.2, -0.15) is 0 Å². The molecule has 0 heterocycles. The molecule has 0 aliphatic carbocycles. The normalized spacial score (nSPS) is 13.6. The molecule has 0 fully saturated rings. The quantitative estimate of drug-likeness (QED) is 0.645. The number of methoxy groups -OCH3 is 1. The van der Waals surface area contributed by atoms with E-state index >= 15 is 0 Å². The van der Waals surface area contributed by atoms with Crippen LogP contribution in [0.3, 0.4) is 0 Å². The minimum Gasteiger partial charge on any atom is -0.385 e. The highest BCUT2D eigenvalue weighted by Crippen LogP contribution is 2.11. The lowest BCUT2D eigenvalue weighted by atomic mass is 9.96. The lowest BCUT2D eigenvalue weighted by Gasteiger charge is -2.18. The maximum atomic E-state index is 11.5. The molecule has 1 amide bonds. The van der Waals surface area contributed by atoms with Crippen LogP contribution in [0.2, 0.25) is 0 Å². The first kappa shape index (κ1) is 15.4. The van der Waals surface area contributed by atoms with Gasteiger partial charge in [-0.05, 0) is 13.3 Å². The molecular formula is C12H26N2O2. The van der Waals surface area contributed by atoms with E-state index in [9.17, 15) is 4.79 Å². The van der Waals surface area contributed by atoms with Crippen molar-refractivity contribution in [3.05, 3.63) is 0 Å². The second-order valence-corrected chi connectivity index (χ2v) is 5.14. The fraction of sp³-hybridized carbons (Fsp3) is 0.917. The van der Waals surface area contributed by atoms with Gasteiger partial charge in [-0.3, -0.25) is 4.79 Å². The lowest BCUT2D eigenvalue weighted by molar-refractivity contribution is -0.128. The average Bonchev–Trinajstić information content (AvgIpc) is 2.19. The van der Waals surface area contributed by atoms with E-state index in [2.05, 4.69) is 17.6 Å². The zero-order valence-electron chi connectivity index (χ0n) is 11.2. The highest BCUT2D eigenvalue weighted by molar-refractivity contribution is 5.81. The first-order valence-corrected chi connectivity index (χ1v) is 5.88. The van der Waals surface area contributed by atoms with Crippen LogP contribution in [0, 0.1) is 5.41 Å². The van der Waals surface area contributed by atoms with Gasteiger partial charge in [0, 0.05) is 38.3 Å². The smallest absolute Gasteiger partial charge is 0.225 e. The molecule has 4 heteroatoms. The van der Waals surface area contributed by atoms with E-state index in [-0.39, 0.29) is 11.3 Å². The second-order valence-electron chi connectivity index (χ2n) is 5.14. The van der Waals surface area contributed by atoms with Gasteiger partial charge in [0.1, 0.15) is 0 Å². The Bertz CT molecular complexity index is 200. The number of hydrogen-bond acceptors (Lipinski definition) is 3. The van der Waals surface area contributed by atoms with Gasteiger partial charge in [-0.1, -0.05) is 20.8 Å². The molecule has 0 aromatic carbocycles. The summed E-state index contributed by atoms with van der Waals surface area (Å²) in [4.78, 5) is 11.5. The van der Waals surface area contributed by atoms with Crippen molar-refractivity contribution in [1.29, 1.82) is 0 Å². The first-order chi connectivity index (χ1) is 7.38. The van der Waals surface area contributed by atoms with Gasteiger partial charge in [0.2, 0.25) is 5.91 Å². The molecule has 0 aliphatic heterocycles. The Morgan fingerprint density at radius 3 is 2.44 bits per heavy atom. The summed E-state index contributed by atoms with van der Waals surface area (Å²) in [5, 5.41) is 6.23. The van der Waals surface area contributed by atoms with Gasteiger partial charge in [-0.25, -0.2) is 0 Å². The van der Waals surface area contributed by atoms with Crippen molar-refractivity contribution in [2.24, 2.45) is 5.41 Å². The van der Waals surface area contributed by atoms with Crippen molar-refractivity contribution in [1.82, 2.24) is 10.6 Å². The van der Waals surface area contributed by atoms with Crippen molar-refractivity contribution in [2.45, 2.75) is 40.2 Å². The van der Waals surface area contributed by atoms with Crippen molar-refractivity contribution in [3.63, 3.8) is 0 Å². The predicted molar refractivity (Wildman–Crippen MR) is 66.4 cm³/mol. The third-order valence-corrected chi connectivity index (χ3v) is 2.34. The van der Waals surface area contributed by atoms with Gasteiger partial charge in [0.05, 0.1) is 0 Å². The zero-order valence-corrected chi connectivity index (χ0v) is 11.2. The molecule has 96 valence electrons. The van der Waals surface area contributed by atoms with Crippen LogP contribution in [-0.2, 0) is 9.53 Å². The SMILES string of the molecule is COCCC(C)NCCNC(=O)C(C)(C)C. The molecule has 2 N–H and O–H groups in total. The van der Waals surface area contributed by atoms with E-state index in [0.29, 0.717) is 12.6 Å². The summed E-state index contributed by atoms with van der Waals surface area (Å²) in [7, 11) is 1.70. The van der Waals surface area contributed by atoms with Crippen LogP contribution >= 0.6 is 0 Å². The summed E-state index contributed by atoms with van der Waals surface area (Å²) >= 11 is 0. The third-order valence-electron chi connectivity index (χ3n) is 2.34. The molecule has 1 unspecified atom stereocenters. The molecule has 0 spiro atoms. The van der Waals surface area contributed by atoms with E-state index in [1.165, 1.54) is 0 Å². The van der Waals surface area contributed by atoms with Gasteiger partial charge in [-0.15, -0.1) is 0 Å². The van der Waals surface area contributed by atoms with Crippen LogP contribution in [0.5, 0.6) is 0 Å². The highest BCUT2D eigenvalue weighted by atomic mass is 16.5. The number of rotatable bonds is 7. The maximum absolute atomic E-state index is 11.5. The van der Waals surface area contributed by atoms with Crippen LogP contribution in [0.25, 0.3) is 0 Å². The molecule has 0 aliphatic rings. The molecule has 16 heavy (non-hydrogen) atoms. The van der Waals surface area contributed by atoms with Crippen molar-refractivity contribution in [2.75, 3.05) is 26.8 Å². The topological polar surface area (TPSA) is 50.4 Å². The van der Waals surface area contributed by atoms with Gasteiger partial charge in [0.25, 0.3) is 0 Å². The van der Waals surface area contributed by atoms with Crippen molar-refractivity contribution >= 4 is 5.91 Å². The lowest BCUT2D eigenvalue weighted by Crippen LogP contribution is -2.40. The largest absolute Gasteiger partial charge is 0.385 e. The molecule has 0 saturated carbocycles. The molecular weight excluding hydrogens is 204 g/mol. The number of carbonyl (C=O) groups excluding carboxylic acids is 1. The Morgan fingerprint density at radius 2 is 1.94 bits per heavy atom. The molecule has 4 nitrogen and oxygen atoms in total. The number of hydrogen-bond donors (Lipinski definition) is 2. The molecule has 1 atom stereocenters. The Kier molecular flexibility index (Phi) is 7.34. The maximum Gasteiger partial charge on any atom is 0.225 e. The Morgan fingerprint density at radius 1 is 1.31 bits per heavy atom. The van der Waals surface area contributed by atoms with Crippen molar-refractivity contribution < 1.29 is 9.53 Å². The van der Waals surface area contributed by atoms with Crippen LogP contribution in [0.4, 0.5) is 0 Å². The molecule has 0 radical (unpaired) electrons. The van der Waals surface area contributed by atoms with Gasteiger partial charge < -0.3 is 15.4 Å². The standard InChI is InChI=1S/C12H26N2O2/c1-10(6-9-16-5)13-7-8-14-11(15)12(2,3)4/h10,13H,6-9H2,1-5H3,(H,14,15). The summed E-state index contributed by atoms with van der Waals surface area (Å²) in [5.74, 6) is 0.0962. The van der Waals surface area contributed by atoms with E-state index in [1.54, 1.807) is 7.11 Å². The molecule has 0 bridgehead atoms. The van der Waals surface area contributed by atoms with Crippen LogP contribution in [0.15, 0.2) is 0 Å². The summed E-state index contributed by atoms with van der Waals surface area (Å²) in [6.45, 7) is 10.1. The van der Waals surface area contributed by atoms with Crippen molar-refractivity contribution in [3.8, 4) is 0 Å². The fourth-order valence-corrected chi connectivity index (χ4v) is 1.16. The second kappa shape index (κ2) is 7.63. The minimum absolute atomic E-state index is 0.0962. The zero-order chi connectivity index (χ0) is 12.6. The van der Waals surface area contributed by atoms with Gasteiger partial charge >= 0.3 is 0 Å². The number of amides is 1. The third kappa shape index (κ3) is 7.65. The van der Waals surface area contributed by atoms with Crippen LogP contribution < -0.4 is 10.6 Å².